The van der Waals surface area contributed by atoms with Crippen molar-refractivity contribution in [2.75, 3.05) is 18.6 Å². The van der Waals surface area contributed by atoms with Gasteiger partial charge in [0.2, 0.25) is 0 Å². The van der Waals surface area contributed by atoms with E-state index in [0.29, 0.717) is 6.04 Å². The van der Waals surface area contributed by atoms with Gasteiger partial charge in [0.25, 0.3) is 0 Å². The summed E-state index contributed by atoms with van der Waals surface area (Å²) in [4.78, 5) is 6.64. The summed E-state index contributed by atoms with van der Waals surface area (Å²) < 4.78 is 5.58. The van der Waals surface area contributed by atoms with E-state index in [1.165, 1.54) is 0 Å². The summed E-state index contributed by atoms with van der Waals surface area (Å²) in [6, 6.07) is 4.02. The number of hydrogen-bond acceptors (Lipinski definition) is 4. The Hall–Kier alpha value is -1.62. The molecule has 1 aliphatic rings. The largest absolute Gasteiger partial charge is 0.384 e. The molecule has 0 amide bonds. The fraction of sp³-hybridized carbons (Fsp3) is 0.538. The van der Waals surface area contributed by atoms with Crippen LogP contribution in [0.25, 0.3) is 0 Å². The van der Waals surface area contributed by atoms with Crippen LogP contribution >= 0.6 is 0 Å². The lowest BCUT2D eigenvalue weighted by Gasteiger charge is -2.28. The lowest BCUT2D eigenvalue weighted by molar-refractivity contribution is 0.118. The van der Waals surface area contributed by atoms with Crippen LogP contribution in [0.1, 0.15) is 24.6 Å². The van der Waals surface area contributed by atoms with Gasteiger partial charge in [-0.25, -0.2) is 4.98 Å². The van der Waals surface area contributed by atoms with E-state index in [0.717, 1.165) is 30.1 Å². The predicted octanol–water partition coefficient (Wildman–Crippen LogP) is 1.29. The Kier molecular flexibility index (Phi) is 3.52. The lowest BCUT2D eigenvalue weighted by Crippen LogP contribution is -2.37. The molecule has 0 aromatic carbocycles. The quantitative estimate of drug-likeness (QED) is 0.624. The molecule has 2 atom stereocenters. The Morgan fingerprint density at radius 2 is 2.28 bits per heavy atom. The third kappa shape index (κ3) is 2.46. The van der Waals surface area contributed by atoms with Crippen LogP contribution in [0.3, 0.4) is 0 Å². The summed E-state index contributed by atoms with van der Waals surface area (Å²) in [6.07, 6.45) is 1.21. The van der Waals surface area contributed by atoms with E-state index in [-0.39, 0.29) is 11.9 Å². The summed E-state index contributed by atoms with van der Waals surface area (Å²) >= 11 is 0. The van der Waals surface area contributed by atoms with Gasteiger partial charge in [-0.2, -0.15) is 0 Å². The van der Waals surface area contributed by atoms with Gasteiger partial charge in [-0.15, -0.1) is 0 Å². The van der Waals surface area contributed by atoms with E-state index < -0.39 is 0 Å². The number of aryl methyl sites for hydroxylation is 1. The van der Waals surface area contributed by atoms with Crippen LogP contribution in [0.2, 0.25) is 0 Å². The van der Waals surface area contributed by atoms with Crippen LogP contribution in [0, 0.1) is 12.3 Å². The average Bonchev–Trinajstić information content (AvgIpc) is 2.73. The molecule has 18 heavy (non-hydrogen) atoms. The fourth-order valence-electron chi connectivity index (χ4n) is 2.39. The van der Waals surface area contributed by atoms with Crippen molar-refractivity contribution in [2.24, 2.45) is 5.73 Å². The van der Waals surface area contributed by atoms with Crippen molar-refractivity contribution < 1.29 is 4.74 Å². The van der Waals surface area contributed by atoms with Crippen LogP contribution < -0.4 is 10.6 Å². The summed E-state index contributed by atoms with van der Waals surface area (Å²) in [6.45, 7) is 4.79. The van der Waals surface area contributed by atoms with Gasteiger partial charge in [-0.1, -0.05) is 0 Å². The lowest BCUT2D eigenvalue weighted by atomic mass is 10.1. The Labute approximate surface area is 107 Å². The molecular formula is C13H20N4O. The topological polar surface area (TPSA) is 75.2 Å². The molecule has 0 bridgehead atoms. The Morgan fingerprint density at radius 1 is 1.56 bits per heavy atom. The molecule has 98 valence electrons. The number of pyridine rings is 1. The maximum atomic E-state index is 7.53. The number of nitrogens with one attached hydrogen (secondary N) is 1. The first-order valence-electron chi connectivity index (χ1n) is 6.16. The zero-order chi connectivity index (χ0) is 13.3. The number of nitrogens with two attached hydrogens (primary N) is 1. The molecule has 0 radical (unpaired) electrons. The molecule has 1 saturated heterocycles. The molecule has 5 nitrogen and oxygen atoms in total. The number of amidine groups is 1. The van der Waals surface area contributed by atoms with Gasteiger partial charge in [0.1, 0.15) is 11.7 Å². The Balaban J connectivity index is 2.29. The van der Waals surface area contributed by atoms with Crippen molar-refractivity contribution in [3.8, 4) is 0 Å². The Morgan fingerprint density at radius 3 is 2.83 bits per heavy atom. The minimum Gasteiger partial charge on any atom is -0.384 e. The first kappa shape index (κ1) is 12.8. The van der Waals surface area contributed by atoms with Crippen LogP contribution in [-0.2, 0) is 4.74 Å². The standard InChI is InChI=1S/C13H20N4O/c1-8-6-10(13(14)15)7-12(16-8)17(3)11-4-5-18-9(11)2/h6-7,9,11H,4-5H2,1-3H3,(H3,14,15). The monoisotopic (exact) mass is 248 g/mol. The number of hydrogen-bond donors (Lipinski definition) is 2. The van der Waals surface area contributed by atoms with Crippen molar-refractivity contribution in [1.82, 2.24) is 4.98 Å². The number of nitrogen functional groups attached to an aromatic ring is 1. The van der Waals surface area contributed by atoms with Crippen molar-refractivity contribution in [1.29, 1.82) is 5.41 Å². The van der Waals surface area contributed by atoms with Crippen molar-refractivity contribution in [3.05, 3.63) is 23.4 Å². The third-order valence-electron chi connectivity index (χ3n) is 3.45. The molecule has 0 spiro atoms. The maximum absolute atomic E-state index is 7.53. The van der Waals surface area contributed by atoms with Gasteiger partial charge in [-0.05, 0) is 32.4 Å². The van der Waals surface area contributed by atoms with E-state index in [2.05, 4.69) is 16.8 Å². The van der Waals surface area contributed by atoms with E-state index in [4.69, 9.17) is 15.9 Å². The predicted molar refractivity (Wildman–Crippen MR) is 72.2 cm³/mol. The molecule has 1 aliphatic heterocycles. The fourth-order valence-corrected chi connectivity index (χ4v) is 2.39. The van der Waals surface area contributed by atoms with Gasteiger partial charge >= 0.3 is 0 Å². The van der Waals surface area contributed by atoms with E-state index in [9.17, 15) is 0 Å². The maximum Gasteiger partial charge on any atom is 0.129 e. The van der Waals surface area contributed by atoms with E-state index >= 15 is 0 Å². The molecular weight excluding hydrogens is 228 g/mol. The van der Waals surface area contributed by atoms with Crippen LogP contribution in [0.5, 0.6) is 0 Å². The second-order valence-electron chi connectivity index (χ2n) is 4.81. The van der Waals surface area contributed by atoms with E-state index in [1.807, 2.05) is 26.1 Å². The molecule has 2 unspecified atom stereocenters. The van der Waals surface area contributed by atoms with Crippen molar-refractivity contribution >= 4 is 11.7 Å². The average molecular weight is 248 g/mol. The minimum absolute atomic E-state index is 0.0749. The molecule has 0 aliphatic carbocycles. The van der Waals surface area contributed by atoms with Crippen LogP contribution in [-0.4, -0.2) is 36.6 Å². The Bertz CT molecular complexity index is 460. The summed E-state index contributed by atoms with van der Waals surface area (Å²) in [5.74, 6) is 0.924. The first-order chi connectivity index (χ1) is 8.49. The summed E-state index contributed by atoms with van der Waals surface area (Å²) in [5, 5.41) is 7.53. The molecule has 1 aromatic rings. The zero-order valence-corrected chi connectivity index (χ0v) is 11.1. The highest BCUT2D eigenvalue weighted by atomic mass is 16.5. The highest BCUT2D eigenvalue weighted by Gasteiger charge is 2.28. The SMILES string of the molecule is Cc1cc(C(=N)N)cc(N(C)C2CCOC2C)n1. The van der Waals surface area contributed by atoms with Gasteiger partial charge in [-0.3, -0.25) is 5.41 Å². The van der Waals surface area contributed by atoms with Gasteiger partial charge in [0.15, 0.2) is 0 Å². The van der Waals surface area contributed by atoms with Crippen LogP contribution in [0.4, 0.5) is 5.82 Å². The zero-order valence-electron chi connectivity index (χ0n) is 11.1. The normalized spacial score (nSPS) is 23.1. The number of likely N-dealkylation sites (N-methyl/N-ethyl adjacent to an activating group) is 1. The number of nitrogens with zero attached hydrogens (tertiary/aromatic N) is 2. The molecule has 1 aromatic heterocycles. The first-order valence-corrected chi connectivity index (χ1v) is 6.16. The molecule has 0 saturated carbocycles. The van der Waals surface area contributed by atoms with Crippen molar-refractivity contribution in [2.45, 2.75) is 32.4 Å². The highest BCUT2D eigenvalue weighted by molar-refractivity contribution is 5.95. The van der Waals surface area contributed by atoms with E-state index in [1.54, 1.807) is 0 Å². The molecule has 2 heterocycles. The summed E-state index contributed by atoms with van der Waals surface area (Å²) in [5.41, 5.74) is 7.13. The smallest absolute Gasteiger partial charge is 0.129 e. The molecule has 3 N–H and O–H groups in total. The van der Waals surface area contributed by atoms with Gasteiger partial charge in [0.05, 0.1) is 12.1 Å². The van der Waals surface area contributed by atoms with Gasteiger partial charge < -0.3 is 15.4 Å². The highest BCUT2D eigenvalue weighted by Crippen LogP contribution is 2.23. The molecule has 5 heteroatoms. The third-order valence-corrected chi connectivity index (χ3v) is 3.45. The minimum atomic E-state index is 0.0749. The number of ether oxygens (including phenoxy) is 1. The number of aromatic nitrogens is 1. The molecule has 2 rings (SSSR count). The second-order valence-corrected chi connectivity index (χ2v) is 4.81. The number of rotatable bonds is 3. The molecule has 1 fully saturated rings. The second kappa shape index (κ2) is 4.94. The van der Waals surface area contributed by atoms with Gasteiger partial charge in [0, 0.05) is 24.9 Å². The summed E-state index contributed by atoms with van der Waals surface area (Å²) in [7, 11) is 2.02. The number of anilines is 1. The van der Waals surface area contributed by atoms with Crippen molar-refractivity contribution in [3.63, 3.8) is 0 Å². The van der Waals surface area contributed by atoms with Crippen LogP contribution in [0.15, 0.2) is 12.1 Å².